The van der Waals surface area contributed by atoms with Crippen molar-refractivity contribution in [2.75, 3.05) is 33.3 Å². The van der Waals surface area contributed by atoms with E-state index in [1.54, 1.807) is 7.11 Å². The van der Waals surface area contributed by atoms with Crippen molar-refractivity contribution in [3.8, 4) is 5.75 Å². The molecule has 0 radical (unpaired) electrons. The Labute approximate surface area is 136 Å². The van der Waals surface area contributed by atoms with E-state index in [-0.39, 0.29) is 6.54 Å². The van der Waals surface area contributed by atoms with Crippen molar-refractivity contribution >= 4 is 5.97 Å². The Balaban J connectivity index is 1.71. The Hall–Kier alpha value is -1.59. The number of likely N-dealkylation sites (tertiary alicyclic amines) is 1. The highest BCUT2D eigenvalue weighted by Gasteiger charge is 2.53. The van der Waals surface area contributed by atoms with Crippen LogP contribution in [0.3, 0.4) is 0 Å². The van der Waals surface area contributed by atoms with Crippen molar-refractivity contribution in [2.45, 2.75) is 30.8 Å². The number of hydrogen-bond donors (Lipinski definition) is 1. The van der Waals surface area contributed by atoms with Crippen LogP contribution in [0.15, 0.2) is 24.3 Å². The number of piperidine rings is 3. The Morgan fingerprint density at radius 3 is 2.70 bits per heavy atom. The average molecular weight is 316 g/mol. The van der Waals surface area contributed by atoms with E-state index in [9.17, 15) is 9.90 Å². The molecule has 0 aliphatic carbocycles. The largest absolute Gasteiger partial charge is 0.496 e. The maximum Gasteiger partial charge on any atom is 0.317 e. The van der Waals surface area contributed by atoms with Gasteiger partial charge in [0.2, 0.25) is 0 Å². The molecule has 1 N–H and O–H groups in total. The number of aliphatic carboxylic acids is 1. The lowest BCUT2D eigenvalue weighted by Gasteiger charge is -2.51. The molecule has 0 saturated carbocycles. The van der Waals surface area contributed by atoms with Crippen LogP contribution in [-0.2, 0) is 4.79 Å². The van der Waals surface area contributed by atoms with E-state index in [4.69, 9.17) is 4.74 Å². The van der Waals surface area contributed by atoms with Crippen LogP contribution < -0.4 is 4.74 Å². The molecule has 0 aromatic heterocycles. The molecule has 1 aromatic rings. The number of nitrogens with zero attached hydrogens (tertiary/aromatic N) is 2. The molecule has 5 nitrogen and oxygen atoms in total. The molecule has 5 rings (SSSR count). The summed E-state index contributed by atoms with van der Waals surface area (Å²) in [5, 5.41) is 9.31. The molecular formula is C18H24N2O3. The molecule has 1 aromatic carbocycles. The molecule has 4 fully saturated rings. The molecule has 4 aliphatic rings. The first-order valence-electron chi connectivity index (χ1n) is 8.52. The van der Waals surface area contributed by atoms with Crippen molar-refractivity contribution in [2.24, 2.45) is 5.92 Å². The highest BCUT2D eigenvalue weighted by molar-refractivity contribution is 5.69. The van der Waals surface area contributed by atoms with Crippen LogP contribution in [0, 0.1) is 5.92 Å². The number of carboxylic acid groups (broad SMARTS) is 1. The number of rotatable bonds is 4. The molecule has 0 amide bonds. The summed E-state index contributed by atoms with van der Waals surface area (Å²) in [5.41, 5.74) is 1.23. The normalized spacial score (nSPS) is 36.0. The van der Waals surface area contributed by atoms with E-state index in [0.717, 1.165) is 25.4 Å². The van der Waals surface area contributed by atoms with Crippen LogP contribution in [0.4, 0.5) is 0 Å². The Morgan fingerprint density at radius 2 is 2.00 bits per heavy atom. The van der Waals surface area contributed by atoms with Crippen molar-refractivity contribution < 1.29 is 14.6 Å². The summed E-state index contributed by atoms with van der Waals surface area (Å²) in [6.45, 7) is 3.27. The third-order valence-corrected chi connectivity index (χ3v) is 5.97. The minimum Gasteiger partial charge on any atom is -0.496 e. The van der Waals surface area contributed by atoms with Gasteiger partial charge in [-0.3, -0.25) is 14.6 Å². The zero-order chi connectivity index (χ0) is 16.0. The number of carboxylic acids is 1. The zero-order valence-corrected chi connectivity index (χ0v) is 13.5. The molecule has 3 atom stereocenters. The standard InChI is InChI=1S/C18H24N2O3/c1-23-15-5-3-2-4-13(15)14-10-20(11-16(21)22)17-12-6-8-19(9-7-12)18(14)17/h2-5,12,14,17-18H,6-11H2,1H3,(H,21,22)/t14-,17-,18-/m0/s1. The van der Waals surface area contributed by atoms with Gasteiger partial charge in [-0.1, -0.05) is 18.2 Å². The predicted molar refractivity (Wildman–Crippen MR) is 86.8 cm³/mol. The van der Waals surface area contributed by atoms with E-state index in [1.807, 2.05) is 12.1 Å². The van der Waals surface area contributed by atoms with Gasteiger partial charge in [0.15, 0.2) is 0 Å². The fourth-order valence-electron chi connectivity index (χ4n) is 5.14. The average Bonchev–Trinajstić information content (AvgIpc) is 2.96. The van der Waals surface area contributed by atoms with Crippen molar-refractivity contribution in [3.05, 3.63) is 29.8 Å². The fraction of sp³-hybridized carbons (Fsp3) is 0.611. The molecule has 0 spiro atoms. The zero-order valence-electron chi connectivity index (χ0n) is 13.5. The number of methoxy groups -OCH3 is 1. The van der Waals surface area contributed by atoms with E-state index in [0.29, 0.717) is 23.9 Å². The quantitative estimate of drug-likeness (QED) is 0.915. The van der Waals surface area contributed by atoms with Gasteiger partial charge in [0, 0.05) is 30.1 Å². The van der Waals surface area contributed by atoms with Gasteiger partial charge in [0.25, 0.3) is 0 Å². The van der Waals surface area contributed by atoms with Crippen LogP contribution >= 0.6 is 0 Å². The maximum absolute atomic E-state index is 11.3. The lowest BCUT2D eigenvalue weighted by Crippen LogP contribution is -2.60. The van der Waals surface area contributed by atoms with Gasteiger partial charge in [-0.15, -0.1) is 0 Å². The summed E-state index contributed by atoms with van der Waals surface area (Å²) in [7, 11) is 1.72. The summed E-state index contributed by atoms with van der Waals surface area (Å²) in [4.78, 5) is 16.1. The first-order valence-corrected chi connectivity index (χ1v) is 8.52. The molecule has 2 bridgehead atoms. The number of fused-ring (bicyclic) bond motifs is 2. The minimum absolute atomic E-state index is 0.150. The number of para-hydroxylation sites is 1. The van der Waals surface area contributed by atoms with Gasteiger partial charge in [0.05, 0.1) is 13.7 Å². The monoisotopic (exact) mass is 316 g/mol. The Bertz CT molecular complexity index is 598. The second kappa shape index (κ2) is 5.80. The summed E-state index contributed by atoms with van der Waals surface area (Å²) in [5.74, 6) is 1.18. The third-order valence-electron chi connectivity index (χ3n) is 5.97. The van der Waals surface area contributed by atoms with E-state index < -0.39 is 5.97 Å². The Morgan fingerprint density at radius 1 is 1.26 bits per heavy atom. The van der Waals surface area contributed by atoms with Crippen LogP contribution in [-0.4, -0.2) is 66.2 Å². The number of hydrogen-bond acceptors (Lipinski definition) is 4. The first kappa shape index (κ1) is 15.0. The van der Waals surface area contributed by atoms with Crippen molar-refractivity contribution in [1.82, 2.24) is 9.80 Å². The molecule has 4 heterocycles. The van der Waals surface area contributed by atoms with Gasteiger partial charge in [-0.25, -0.2) is 0 Å². The van der Waals surface area contributed by atoms with Gasteiger partial charge in [-0.05, 0) is 37.9 Å². The minimum atomic E-state index is -0.721. The summed E-state index contributed by atoms with van der Waals surface area (Å²) in [6.07, 6.45) is 2.41. The maximum atomic E-state index is 11.3. The van der Waals surface area contributed by atoms with Gasteiger partial charge < -0.3 is 9.84 Å². The van der Waals surface area contributed by atoms with Gasteiger partial charge in [-0.2, -0.15) is 0 Å². The predicted octanol–water partition coefficient (Wildman–Crippen LogP) is 1.64. The van der Waals surface area contributed by atoms with Crippen molar-refractivity contribution in [1.29, 1.82) is 0 Å². The summed E-state index contributed by atoms with van der Waals surface area (Å²) >= 11 is 0. The first-order chi connectivity index (χ1) is 11.2. The SMILES string of the molecule is COc1ccccc1[C@@H]1CN(CC(=O)O)[C@H]2C3CCN(CC3)[C@@H]12. The number of ether oxygens (including phenoxy) is 1. The number of benzene rings is 1. The lowest BCUT2D eigenvalue weighted by atomic mass is 9.75. The second-order valence-electron chi connectivity index (χ2n) is 7.03. The molecule has 4 aliphatic heterocycles. The van der Waals surface area contributed by atoms with E-state index in [1.165, 1.54) is 18.4 Å². The summed E-state index contributed by atoms with van der Waals surface area (Å²) < 4.78 is 5.58. The lowest BCUT2D eigenvalue weighted by molar-refractivity contribution is -0.139. The molecule has 5 heteroatoms. The van der Waals surface area contributed by atoms with E-state index in [2.05, 4.69) is 21.9 Å². The van der Waals surface area contributed by atoms with Crippen LogP contribution in [0.2, 0.25) is 0 Å². The van der Waals surface area contributed by atoms with Crippen LogP contribution in [0.5, 0.6) is 5.75 Å². The second-order valence-corrected chi connectivity index (χ2v) is 7.03. The van der Waals surface area contributed by atoms with Gasteiger partial charge in [0.1, 0.15) is 5.75 Å². The smallest absolute Gasteiger partial charge is 0.317 e. The highest BCUT2D eigenvalue weighted by atomic mass is 16.5. The van der Waals surface area contributed by atoms with Gasteiger partial charge >= 0.3 is 5.97 Å². The topological polar surface area (TPSA) is 53.0 Å². The number of carbonyl (C=O) groups is 1. The summed E-state index contributed by atoms with van der Waals surface area (Å²) in [6, 6.07) is 9.02. The van der Waals surface area contributed by atoms with E-state index >= 15 is 0 Å². The third kappa shape index (κ3) is 2.42. The Kier molecular flexibility index (Phi) is 3.77. The van der Waals surface area contributed by atoms with Crippen molar-refractivity contribution in [3.63, 3.8) is 0 Å². The van der Waals surface area contributed by atoms with Crippen LogP contribution in [0.1, 0.15) is 24.3 Å². The fourth-order valence-corrected chi connectivity index (χ4v) is 5.14. The molecule has 0 unspecified atom stereocenters. The van der Waals surface area contributed by atoms with Crippen LogP contribution in [0.25, 0.3) is 0 Å². The highest BCUT2D eigenvalue weighted by Crippen LogP contribution is 2.47. The molecule has 4 saturated heterocycles. The molecule has 23 heavy (non-hydrogen) atoms. The molecule has 124 valence electrons. The molecular weight excluding hydrogens is 292 g/mol.